The second kappa shape index (κ2) is 6.60. The predicted molar refractivity (Wildman–Crippen MR) is 83.5 cm³/mol. The highest BCUT2D eigenvalue weighted by molar-refractivity contribution is 5.80. The average Bonchev–Trinajstić information content (AvgIpc) is 2.49. The van der Waals surface area contributed by atoms with Gasteiger partial charge in [0.1, 0.15) is 17.1 Å². The first-order valence-corrected chi connectivity index (χ1v) is 6.61. The van der Waals surface area contributed by atoms with Crippen LogP contribution >= 0.6 is 0 Å². The molecule has 0 bridgehead atoms. The van der Waals surface area contributed by atoms with E-state index < -0.39 is 4.92 Å². The van der Waals surface area contributed by atoms with E-state index in [1.54, 1.807) is 25.2 Å². The van der Waals surface area contributed by atoms with Crippen molar-refractivity contribution in [1.29, 1.82) is 0 Å². The van der Waals surface area contributed by atoms with E-state index in [1.807, 2.05) is 31.2 Å². The minimum Gasteiger partial charge on any atom is -0.492 e. The van der Waals surface area contributed by atoms with E-state index in [1.165, 1.54) is 0 Å². The molecule has 0 aliphatic heterocycles. The van der Waals surface area contributed by atoms with Gasteiger partial charge in [-0.2, -0.15) is 0 Å². The molecule has 6 heteroatoms. The Bertz CT molecular complexity index is 644. The van der Waals surface area contributed by atoms with Gasteiger partial charge in [0, 0.05) is 7.05 Å². The first-order valence-electron chi connectivity index (χ1n) is 6.61. The second-order valence-electron chi connectivity index (χ2n) is 4.26. The van der Waals surface area contributed by atoms with Crippen molar-refractivity contribution in [3.63, 3.8) is 0 Å². The van der Waals surface area contributed by atoms with Gasteiger partial charge in [-0.15, -0.1) is 0 Å². The van der Waals surface area contributed by atoms with Gasteiger partial charge in [0.15, 0.2) is 0 Å². The summed E-state index contributed by atoms with van der Waals surface area (Å²) in [6, 6.07) is 12.4. The predicted octanol–water partition coefficient (Wildman–Crippen LogP) is 3.78. The van der Waals surface area contributed by atoms with Crippen molar-refractivity contribution in [2.45, 2.75) is 6.92 Å². The molecule has 2 rings (SSSR count). The molecule has 0 radical (unpaired) electrons. The Hall–Kier alpha value is -2.76. The van der Waals surface area contributed by atoms with Crippen molar-refractivity contribution < 1.29 is 9.66 Å². The van der Waals surface area contributed by atoms with E-state index in [0.29, 0.717) is 29.4 Å². The molecule has 21 heavy (non-hydrogen) atoms. The van der Waals surface area contributed by atoms with E-state index >= 15 is 0 Å². The fraction of sp³-hybridized carbons (Fsp3) is 0.200. The number of nitro groups is 1. The van der Waals surface area contributed by atoms with Gasteiger partial charge in [0.05, 0.1) is 17.2 Å². The molecule has 2 aromatic rings. The minimum absolute atomic E-state index is 0.00583. The molecule has 0 heterocycles. The van der Waals surface area contributed by atoms with Crippen LogP contribution in [-0.4, -0.2) is 18.6 Å². The number of nitro benzene ring substituents is 1. The second-order valence-corrected chi connectivity index (χ2v) is 4.26. The number of nitrogens with one attached hydrogen (secondary N) is 2. The lowest BCUT2D eigenvalue weighted by molar-refractivity contribution is -0.383. The number of nitrogens with zero attached hydrogens (tertiary/aromatic N) is 1. The van der Waals surface area contributed by atoms with Crippen LogP contribution in [0.1, 0.15) is 6.92 Å². The number of hydrogen-bond donors (Lipinski definition) is 2. The zero-order valence-electron chi connectivity index (χ0n) is 11.9. The zero-order valence-corrected chi connectivity index (χ0v) is 11.9. The van der Waals surface area contributed by atoms with Gasteiger partial charge < -0.3 is 15.4 Å². The van der Waals surface area contributed by atoms with Crippen LogP contribution in [0.15, 0.2) is 42.5 Å². The molecule has 0 aliphatic rings. The van der Waals surface area contributed by atoms with Crippen LogP contribution in [0.3, 0.4) is 0 Å². The summed E-state index contributed by atoms with van der Waals surface area (Å²) >= 11 is 0. The standard InChI is InChI=1S/C15H17N3O3/c1-3-21-14-10-5-4-7-11(14)17-13-9-6-8-12(16-2)15(13)18(19)20/h4-10,16-17H,3H2,1-2H3. The van der Waals surface area contributed by atoms with Gasteiger partial charge in [-0.25, -0.2) is 0 Å². The Labute approximate surface area is 122 Å². The summed E-state index contributed by atoms with van der Waals surface area (Å²) < 4.78 is 5.52. The number of benzene rings is 2. The topological polar surface area (TPSA) is 76.4 Å². The number of rotatable bonds is 6. The van der Waals surface area contributed by atoms with Crippen LogP contribution in [0, 0.1) is 10.1 Å². The molecule has 0 aliphatic carbocycles. The third-order valence-corrected chi connectivity index (χ3v) is 2.94. The van der Waals surface area contributed by atoms with Crippen LogP contribution in [0.2, 0.25) is 0 Å². The summed E-state index contributed by atoms with van der Waals surface area (Å²) in [4.78, 5) is 10.9. The maximum absolute atomic E-state index is 11.3. The Kier molecular flexibility index (Phi) is 4.61. The van der Waals surface area contributed by atoms with E-state index in [0.717, 1.165) is 0 Å². The van der Waals surface area contributed by atoms with Gasteiger partial charge in [0.2, 0.25) is 0 Å². The molecule has 0 unspecified atom stereocenters. The Morgan fingerprint density at radius 1 is 1.10 bits per heavy atom. The van der Waals surface area contributed by atoms with Crippen LogP contribution in [0.4, 0.5) is 22.7 Å². The highest BCUT2D eigenvalue weighted by Crippen LogP contribution is 2.36. The maximum atomic E-state index is 11.3. The molecule has 2 N–H and O–H groups in total. The molecule has 2 aromatic carbocycles. The summed E-state index contributed by atoms with van der Waals surface area (Å²) in [6.45, 7) is 2.41. The monoisotopic (exact) mass is 287 g/mol. The van der Waals surface area contributed by atoms with Crippen molar-refractivity contribution in [3.05, 3.63) is 52.6 Å². The molecule has 0 atom stereocenters. The highest BCUT2D eigenvalue weighted by atomic mass is 16.6. The Balaban J connectivity index is 2.42. The average molecular weight is 287 g/mol. The first kappa shape index (κ1) is 14.6. The summed E-state index contributed by atoms with van der Waals surface area (Å²) in [5.41, 5.74) is 1.57. The molecule has 110 valence electrons. The smallest absolute Gasteiger partial charge is 0.315 e. The SMILES string of the molecule is CCOc1ccccc1Nc1cccc(NC)c1[N+](=O)[O-]. The number of hydrogen-bond acceptors (Lipinski definition) is 5. The van der Waals surface area contributed by atoms with Gasteiger partial charge in [-0.05, 0) is 31.2 Å². The van der Waals surface area contributed by atoms with Crippen molar-refractivity contribution in [2.24, 2.45) is 0 Å². The van der Waals surface area contributed by atoms with Crippen LogP contribution in [0.5, 0.6) is 5.75 Å². The third-order valence-electron chi connectivity index (χ3n) is 2.94. The third kappa shape index (κ3) is 3.22. The lowest BCUT2D eigenvalue weighted by atomic mass is 10.2. The van der Waals surface area contributed by atoms with E-state index in [-0.39, 0.29) is 5.69 Å². The fourth-order valence-corrected chi connectivity index (χ4v) is 2.04. The van der Waals surface area contributed by atoms with Crippen LogP contribution in [-0.2, 0) is 0 Å². The molecule has 0 amide bonds. The summed E-state index contributed by atoms with van der Waals surface area (Å²) in [7, 11) is 1.65. The number of anilines is 3. The molecular formula is C15H17N3O3. The molecule has 0 aromatic heterocycles. The quantitative estimate of drug-likeness (QED) is 0.624. The first-order chi connectivity index (χ1) is 10.2. The molecule has 0 saturated heterocycles. The van der Waals surface area contributed by atoms with Gasteiger partial charge >= 0.3 is 5.69 Å². The number of ether oxygens (including phenoxy) is 1. The van der Waals surface area contributed by atoms with Gasteiger partial charge in [-0.3, -0.25) is 10.1 Å². The largest absolute Gasteiger partial charge is 0.492 e. The molecule has 0 fully saturated rings. The number of para-hydroxylation sites is 3. The lowest BCUT2D eigenvalue weighted by Crippen LogP contribution is -2.02. The summed E-state index contributed by atoms with van der Waals surface area (Å²) in [6.07, 6.45) is 0. The van der Waals surface area contributed by atoms with Crippen molar-refractivity contribution in [3.8, 4) is 5.75 Å². The van der Waals surface area contributed by atoms with Gasteiger partial charge in [0.25, 0.3) is 0 Å². The van der Waals surface area contributed by atoms with E-state index in [4.69, 9.17) is 4.74 Å². The van der Waals surface area contributed by atoms with Crippen LogP contribution in [0.25, 0.3) is 0 Å². The van der Waals surface area contributed by atoms with Gasteiger partial charge in [-0.1, -0.05) is 18.2 Å². The highest BCUT2D eigenvalue weighted by Gasteiger charge is 2.19. The molecule has 0 spiro atoms. The van der Waals surface area contributed by atoms with Crippen LogP contribution < -0.4 is 15.4 Å². The van der Waals surface area contributed by atoms with E-state index in [9.17, 15) is 10.1 Å². The maximum Gasteiger partial charge on any atom is 0.315 e. The molecule has 6 nitrogen and oxygen atoms in total. The Morgan fingerprint density at radius 2 is 1.76 bits per heavy atom. The molecule has 0 saturated carbocycles. The van der Waals surface area contributed by atoms with Crippen molar-refractivity contribution >= 4 is 22.7 Å². The molecular weight excluding hydrogens is 270 g/mol. The minimum atomic E-state index is -0.405. The summed E-state index contributed by atoms with van der Waals surface area (Å²) in [5, 5.41) is 17.2. The van der Waals surface area contributed by atoms with E-state index in [2.05, 4.69) is 10.6 Å². The summed E-state index contributed by atoms with van der Waals surface area (Å²) in [5.74, 6) is 0.657. The fourth-order valence-electron chi connectivity index (χ4n) is 2.04. The lowest BCUT2D eigenvalue weighted by Gasteiger charge is -2.13. The van der Waals surface area contributed by atoms with Crippen molar-refractivity contribution in [2.75, 3.05) is 24.3 Å². The normalized spacial score (nSPS) is 10.0. The Morgan fingerprint density at radius 3 is 2.43 bits per heavy atom. The van der Waals surface area contributed by atoms with Crippen molar-refractivity contribution in [1.82, 2.24) is 0 Å². The zero-order chi connectivity index (χ0) is 15.2.